The highest BCUT2D eigenvalue weighted by atomic mass is 16.3. The van der Waals surface area contributed by atoms with E-state index < -0.39 is 6.10 Å². The number of piperidine rings is 1. The molecule has 1 aliphatic heterocycles. The van der Waals surface area contributed by atoms with Gasteiger partial charge in [0.25, 0.3) is 0 Å². The van der Waals surface area contributed by atoms with Crippen molar-refractivity contribution >= 4 is 0 Å². The molecule has 1 heterocycles. The van der Waals surface area contributed by atoms with Crippen molar-refractivity contribution in [2.75, 3.05) is 19.6 Å². The van der Waals surface area contributed by atoms with Crippen molar-refractivity contribution in [3.05, 3.63) is 35.9 Å². The molecule has 1 aromatic carbocycles. The number of nitrogens with zero attached hydrogens (tertiary/aromatic N) is 1. The van der Waals surface area contributed by atoms with E-state index in [0.29, 0.717) is 0 Å². The molecule has 1 saturated heterocycles. The zero-order valence-electron chi connectivity index (χ0n) is 10.1. The number of rotatable bonds is 2. The smallest absolute Gasteiger partial charge is 0.140 e. The fraction of sp³-hybridized carbons (Fsp3) is 0.467. The van der Waals surface area contributed by atoms with Gasteiger partial charge in [-0.05, 0) is 31.5 Å². The average molecular weight is 229 g/mol. The molecule has 0 spiro atoms. The number of hydrogen-bond acceptors (Lipinski definition) is 2. The van der Waals surface area contributed by atoms with Gasteiger partial charge in [-0.1, -0.05) is 48.6 Å². The van der Waals surface area contributed by atoms with E-state index >= 15 is 0 Å². The first kappa shape index (κ1) is 12.2. The van der Waals surface area contributed by atoms with E-state index in [1.807, 2.05) is 30.3 Å². The summed E-state index contributed by atoms with van der Waals surface area (Å²) in [4.78, 5) is 2.36. The van der Waals surface area contributed by atoms with Crippen molar-refractivity contribution in [2.45, 2.75) is 25.4 Å². The molecule has 2 heteroatoms. The Hall–Kier alpha value is -1.30. The zero-order chi connectivity index (χ0) is 11.9. The summed E-state index contributed by atoms with van der Waals surface area (Å²) in [5.74, 6) is 5.99. The van der Waals surface area contributed by atoms with E-state index in [-0.39, 0.29) is 0 Å². The highest BCUT2D eigenvalue weighted by Crippen LogP contribution is 2.10. The van der Waals surface area contributed by atoms with Crippen LogP contribution in [0.3, 0.4) is 0 Å². The molecule has 0 aromatic heterocycles. The molecule has 0 saturated carbocycles. The first-order valence-corrected chi connectivity index (χ1v) is 6.30. The van der Waals surface area contributed by atoms with Gasteiger partial charge in [0.1, 0.15) is 6.10 Å². The van der Waals surface area contributed by atoms with Crippen LogP contribution in [-0.2, 0) is 0 Å². The van der Waals surface area contributed by atoms with Crippen LogP contribution in [0.4, 0.5) is 0 Å². The van der Waals surface area contributed by atoms with Crippen molar-refractivity contribution in [1.82, 2.24) is 4.90 Å². The second-order valence-electron chi connectivity index (χ2n) is 4.47. The third-order valence-electron chi connectivity index (χ3n) is 3.11. The predicted molar refractivity (Wildman–Crippen MR) is 69.5 cm³/mol. The Morgan fingerprint density at radius 1 is 1.12 bits per heavy atom. The van der Waals surface area contributed by atoms with Gasteiger partial charge in [-0.15, -0.1) is 0 Å². The van der Waals surface area contributed by atoms with Gasteiger partial charge < -0.3 is 5.11 Å². The molecule has 0 amide bonds. The number of aliphatic hydroxyl groups is 1. The summed E-state index contributed by atoms with van der Waals surface area (Å²) in [6.07, 6.45) is 3.25. The summed E-state index contributed by atoms with van der Waals surface area (Å²) in [5, 5.41) is 9.86. The molecule has 0 radical (unpaired) electrons. The number of hydrogen-bond donors (Lipinski definition) is 1. The van der Waals surface area contributed by atoms with Crippen molar-refractivity contribution in [2.24, 2.45) is 0 Å². The molecule has 0 aliphatic carbocycles. The molecule has 1 atom stereocenters. The standard InChI is InChI=1S/C15H19NO/c17-15(14-8-3-1-4-9-14)10-7-13-16-11-5-2-6-12-16/h1,3-4,8-9,15,17H,2,5-6,11-13H2/t15-/m0/s1. The lowest BCUT2D eigenvalue weighted by molar-refractivity contribution is 0.236. The van der Waals surface area contributed by atoms with Gasteiger partial charge in [0.2, 0.25) is 0 Å². The maximum atomic E-state index is 9.86. The molecule has 1 aromatic rings. The minimum Gasteiger partial charge on any atom is -0.376 e. The number of likely N-dealkylation sites (tertiary alicyclic amines) is 1. The van der Waals surface area contributed by atoms with Crippen LogP contribution in [0, 0.1) is 11.8 Å². The predicted octanol–water partition coefficient (Wildman–Crippen LogP) is 2.21. The molecule has 17 heavy (non-hydrogen) atoms. The summed E-state index contributed by atoms with van der Waals surface area (Å²) in [6, 6.07) is 9.59. The SMILES string of the molecule is O[C@@H](C#CCN1CCCCC1)c1ccccc1. The largest absolute Gasteiger partial charge is 0.376 e. The Morgan fingerprint density at radius 2 is 1.82 bits per heavy atom. The van der Waals surface area contributed by atoms with E-state index in [1.54, 1.807) is 0 Å². The minimum absolute atomic E-state index is 0.652. The van der Waals surface area contributed by atoms with Gasteiger partial charge in [-0.25, -0.2) is 0 Å². The van der Waals surface area contributed by atoms with Gasteiger partial charge in [0.15, 0.2) is 0 Å². The van der Waals surface area contributed by atoms with Crippen LogP contribution in [0.15, 0.2) is 30.3 Å². The lowest BCUT2D eigenvalue weighted by atomic mass is 10.1. The highest BCUT2D eigenvalue weighted by Gasteiger charge is 2.08. The van der Waals surface area contributed by atoms with E-state index in [4.69, 9.17) is 0 Å². The van der Waals surface area contributed by atoms with Crippen LogP contribution in [0.1, 0.15) is 30.9 Å². The molecule has 90 valence electrons. The number of aliphatic hydroxyl groups excluding tert-OH is 1. The highest BCUT2D eigenvalue weighted by molar-refractivity contribution is 5.24. The van der Waals surface area contributed by atoms with E-state index in [2.05, 4.69) is 16.7 Å². The first-order valence-electron chi connectivity index (χ1n) is 6.30. The molecule has 0 unspecified atom stereocenters. The number of benzene rings is 1. The van der Waals surface area contributed by atoms with Crippen LogP contribution in [0.5, 0.6) is 0 Å². The van der Waals surface area contributed by atoms with Crippen LogP contribution in [0.25, 0.3) is 0 Å². The Bertz CT molecular complexity index is 384. The Morgan fingerprint density at radius 3 is 2.53 bits per heavy atom. The van der Waals surface area contributed by atoms with Crippen LogP contribution >= 0.6 is 0 Å². The van der Waals surface area contributed by atoms with Gasteiger partial charge in [-0.2, -0.15) is 0 Å². The Balaban J connectivity index is 1.84. The van der Waals surface area contributed by atoms with Gasteiger partial charge in [0.05, 0.1) is 6.54 Å². The second-order valence-corrected chi connectivity index (χ2v) is 4.47. The first-order chi connectivity index (χ1) is 8.36. The maximum Gasteiger partial charge on any atom is 0.140 e. The maximum absolute atomic E-state index is 9.86. The van der Waals surface area contributed by atoms with Gasteiger partial charge in [0, 0.05) is 0 Å². The average Bonchev–Trinajstić information content (AvgIpc) is 2.41. The molecule has 1 aliphatic rings. The minimum atomic E-state index is -0.652. The third-order valence-corrected chi connectivity index (χ3v) is 3.11. The topological polar surface area (TPSA) is 23.5 Å². The summed E-state index contributed by atoms with van der Waals surface area (Å²) >= 11 is 0. The summed E-state index contributed by atoms with van der Waals surface area (Å²) in [7, 11) is 0. The molecule has 2 nitrogen and oxygen atoms in total. The summed E-state index contributed by atoms with van der Waals surface area (Å²) in [6.45, 7) is 3.08. The lowest BCUT2D eigenvalue weighted by Gasteiger charge is -2.23. The molecule has 1 fully saturated rings. The molecule has 1 N–H and O–H groups in total. The fourth-order valence-corrected chi connectivity index (χ4v) is 2.09. The third kappa shape index (κ3) is 3.89. The van der Waals surface area contributed by atoms with Gasteiger partial charge in [-0.3, -0.25) is 4.90 Å². The Kier molecular flexibility index (Phi) is 4.61. The second kappa shape index (κ2) is 6.44. The van der Waals surface area contributed by atoms with Crippen LogP contribution in [0.2, 0.25) is 0 Å². The van der Waals surface area contributed by atoms with E-state index in [1.165, 1.54) is 19.3 Å². The quantitative estimate of drug-likeness (QED) is 0.786. The molecular formula is C15H19NO. The summed E-state index contributed by atoms with van der Waals surface area (Å²) < 4.78 is 0. The normalized spacial score (nSPS) is 18.2. The molecular weight excluding hydrogens is 210 g/mol. The Labute approximate surface area is 103 Å². The van der Waals surface area contributed by atoms with Crippen molar-refractivity contribution in [3.8, 4) is 11.8 Å². The fourth-order valence-electron chi connectivity index (χ4n) is 2.09. The van der Waals surface area contributed by atoms with E-state index in [0.717, 1.165) is 25.2 Å². The zero-order valence-corrected chi connectivity index (χ0v) is 10.1. The molecule has 2 rings (SSSR count). The summed E-state index contributed by atoms with van der Waals surface area (Å²) in [5.41, 5.74) is 0.874. The van der Waals surface area contributed by atoms with E-state index in [9.17, 15) is 5.11 Å². The monoisotopic (exact) mass is 229 g/mol. The van der Waals surface area contributed by atoms with Crippen LogP contribution < -0.4 is 0 Å². The van der Waals surface area contributed by atoms with Crippen molar-refractivity contribution in [3.63, 3.8) is 0 Å². The molecule has 0 bridgehead atoms. The van der Waals surface area contributed by atoms with Crippen LogP contribution in [-0.4, -0.2) is 29.6 Å². The van der Waals surface area contributed by atoms with Gasteiger partial charge >= 0.3 is 0 Å². The van der Waals surface area contributed by atoms with Crippen molar-refractivity contribution in [1.29, 1.82) is 0 Å². The lowest BCUT2D eigenvalue weighted by Crippen LogP contribution is -2.29. The van der Waals surface area contributed by atoms with Crippen molar-refractivity contribution < 1.29 is 5.11 Å².